The van der Waals surface area contributed by atoms with Gasteiger partial charge in [-0.3, -0.25) is 9.64 Å². The average molecular weight is 260 g/mol. The number of carbonyl (C=O) groups excluding carboxylic acids is 1. The van der Waals surface area contributed by atoms with Gasteiger partial charge in [0, 0.05) is 18.7 Å². The number of nitrogens with one attached hydrogen (secondary N) is 1. The van der Waals surface area contributed by atoms with Gasteiger partial charge in [-0.25, -0.2) is 4.79 Å². The Morgan fingerprint density at radius 2 is 1.94 bits per heavy atom. The number of benzene rings is 1. The summed E-state index contributed by atoms with van der Waals surface area (Å²) >= 11 is 0. The smallest absolute Gasteiger partial charge is 0.336 e. The first-order valence-corrected chi connectivity index (χ1v) is 5.31. The van der Waals surface area contributed by atoms with E-state index in [1.165, 1.54) is 12.1 Å². The summed E-state index contributed by atoms with van der Waals surface area (Å²) in [4.78, 5) is 12.5. The van der Waals surface area contributed by atoms with Crippen LogP contribution >= 0.6 is 0 Å². The van der Waals surface area contributed by atoms with Gasteiger partial charge in [0.1, 0.15) is 0 Å². The number of carbonyl (C=O) groups is 1. The minimum absolute atomic E-state index is 0.175. The molecule has 1 aliphatic heterocycles. The van der Waals surface area contributed by atoms with E-state index in [9.17, 15) is 18.0 Å². The Kier molecular flexibility index (Phi) is 3.42. The molecule has 98 valence electrons. The Morgan fingerprint density at radius 3 is 2.44 bits per heavy atom. The van der Waals surface area contributed by atoms with E-state index in [1.54, 1.807) is 18.2 Å². The van der Waals surface area contributed by atoms with Crippen molar-refractivity contribution in [2.24, 2.45) is 0 Å². The van der Waals surface area contributed by atoms with Gasteiger partial charge in [0.15, 0.2) is 6.23 Å². The van der Waals surface area contributed by atoms with Gasteiger partial charge in [-0.15, -0.1) is 13.2 Å². The lowest BCUT2D eigenvalue weighted by molar-refractivity contribution is -0.358. The summed E-state index contributed by atoms with van der Waals surface area (Å²) in [5.41, 5.74) is 0.284. The summed E-state index contributed by atoms with van der Waals surface area (Å²) in [7, 11) is 0. The highest BCUT2D eigenvalue weighted by Gasteiger charge is 2.39. The lowest BCUT2D eigenvalue weighted by Crippen LogP contribution is -2.36. The number of hydrogen-bond acceptors (Lipinski definition) is 2. The number of rotatable bonds is 3. The van der Waals surface area contributed by atoms with Crippen molar-refractivity contribution in [2.45, 2.75) is 12.6 Å². The van der Waals surface area contributed by atoms with Crippen molar-refractivity contribution in [3.63, 3.8) is 0 Å². The minimum Gasteiger partial charge on any atom is -0.336 e. The molecule has 1 aromatic rings. The Hall–Kier alpha value is -1.76. The second-order valence-electron chi connectivity index (χ2n) is 3.75. The van der Waals surface area contributed by atoms with Crippen LogP contribution in [0.4, 0.5) is 18.0 Å². The number of ether oxygens (including phenoxy) is 1. The van der Waals surface area contributed by atoms with Crippen LogP contribution in [0.5, 0.6) is 0 Å². The van der Waals surface area contributed by atoms with Crippen LogP contribution in [0.1, 0.15) is 11.8 Å². The van der Waals surface area contributed by atoms with E-state index in [1.807, 2.05) is 0 Å². The SMILES string of the molecule is O=C1NCCN1C(OC(F)(F)F)c1ccccc1. The lowest BCUT2D eigenvalue weighted by Gasteiger charge is -2.27. The first-order chi connectivity index (χ1) is 8.47. The molecule has 18 heavy (non-hydrogen) atoms. The van der Waals surface area contributed by atoms with Crippen LogP contribution in [0, 0.1) is 0 Å². The van der Waals surface area contributed by atoms with E-state index < -0.39 is 18.6 Å². The molecule has 0 saturated carbocycles. The summed E-state index contributed by atoms with van der Waals surface area (Å²) in [6.45, 7) is 0.484. The standard InChI is InChI=1S/C11H11F3N2O2/c12-11(13,14)18-9(8-4-2-1-3-5-8)16-7-6-15-10(16)17/h1-5,9H,6-7H2,(H,15,17). The highest BCUT2D eigenvalue weighted by molar-refractivity contribution is 5.76. The van der Waals surface area contributed by atoms with Gasteiger partial charge in [0.05, 0.1) is 0 Å². The molecule has 1 heterocycles. The van der Waals surface area contributed by atoms with Crippen molar-refractivity contribution < 1.29 is 22.7 Å². The van der Waals surface area contributed by atoms with Crippen molar-refractivity contribution >= 4 is 6.03 Å². The van der Waals surface area contributed by atoms with Gasteiger partial charge in [-0.05, 0) is 0 Å². The van der Waals surface area contributed by atoms with Crippen LogP contribution in [0.25, 0.3) is 0 Å². The fourth-order valence-electron chi connectivity index (χ4n) is 1.77. The second kappa shape index (κ2) is 4.85. The first kappa shape index (κ1) is 12.7. The zero-order valence-corrected chi connectivity index (χ0v) is 9.28. The molecule has 1 unspecified atom stereocenters. The Labute approximate surface area is 101 Å². The highest BCUT2D eigenvalue weighted by Crippen LogP contribution is 2.31. The maximum atomic E-state index is 12.4. The monoisotopic (exact) mass is 260 g/mol. The van der Waals surface area contributed by atoms with Gasteiger partial charge >= 0.3 is 12.4 Å². The van der Waals surface area contributed by atoms with Gasteiger partial charge in [0.2, 0.25) is 0 Å². The Morgan fingerprint density at radius 1 is 1.28 bits per heavy atom. The Bertz CT molecular complexity index is 422. The molecule has 0 aliphatic carbocycles. The second-order valence-corrected chi connectivity index (χ2v) is 3.75. The Balaban J connectivity index is 2.26. The zero-order valence-electron chi connectivity index (χ0n) is 9.28. The van der Waals surface area contributed by atoms with Crippen LogP contribution in [0.2, 0.25) is 0 Å². The molecule has 1 aromatic carbocycles. The fourth-order valence-corrected chi connectivity index (χ4v) is 1.77. The van der Waals surface area contributed by atoms with E-state index in [-0.39, 0.29) is 12.1 Å². The molecule has 0 radical (unpaired) electrons. The van der Waals surface area contributed by atoms with Crippen LogP contribution in [0.3, 0.4) is 0 Å². The fraction of sp³-hybridized carbons (Fsp3) is 0.364. The van der Waals surface area contributed by atoms with Crippen LogP contribution < -0.4 is 5.32 Å². The number of hydrogen-bond donors (Lipinski definition) is 1. The topological polar surface area (TPSA) is 41.6 Å². The molecule has 0 spiro atoms. The largest absolute Gasteiger partial charge is 0.524 e. The lowest BCUT2D eigenvalue weighted by atomic mass is 10.2. The molecule has 2 rings (SSSR count). The van der Waals surface area contributed by atoms with Crippen molar-refractivity contribution in [3.8, 4) is 0 Å². The number of urea groups is 1. The van der Waals surface area contributed by atoms with Crippen molar-refractivity contribution in [3.05, 3.63) is 35.9 Å². The van der Waals surface area contributed by atoms with Crippen molar-refractivity contribution in [1.82, 2.24) is 10.2 Å². The third-order valence-electron chi connectivity index (χ3n) is 2.50. The number of alkyl halides is 3. The normalized spacial score (nSPS) is 17.7. The molecular weight excluding hydrogens is 249 g/mol. The molecule has 7 heteroatoms. The van der Waals surface area contributed by atoms with E-state index in [0.29, 0.717) is 6.54 Å². The van der Waals surface area contributed by atoms with Crippen molar-refractivity contribution in [1.29, 1.82) is 0 Å². The highest BCUT2D eigenvalue weighted by atomic mass is 19.4. The summed E-state index contributed by atoms with van der Waals surface area (Å²) in [6, 6.07) is 7.28. The third-order valence-corrected chi connectivity index (χ3v) is 2.50. The summed E-state index contributed by atoms with van der Waals surface area (Å²) in [5.74, 6) is 0. The number of halogens is 3. The van der Waals surface area contributed by atoms with Crippen LogP contribution in [-0.4, -0.2) is 30.4 Å². The number of amides is 2. The summed E-state index contributed by atoms with van der Waals surface area (Å²) < 4.78 is 41.2. The third kappa shape index (κ3) is 2.92. The van der Waals surface area contributed by atoms with E-state index in [0.717, 1.165) is 4.90 Å². The van der Waals surface area contributed by atoms with E-state index in [2.05, 4.69) is 10.1 Å². The molecule has 2 amide bonds. The number of nitrogens with zero attached hydrogens (tertiary/aromatic N) is 1. The molecule has 1 fully saturated rings. The first-order valence-electron chi connectivity index (χ1n) is 5.31. The predicted octanol–water partition coefficient (Wildman–Crippen LogP) is 2.25. The van der Waals surface area contributed by atoms with Gasteiger partial charge < -0.3 is 5.32 Å². The van der Waals surface area contributed by atoms with Crippen molar-refractivity contribution in [2.75, 3.05) is 13.1 Å². The molecule has 1 saturated heterocycles. The molecule has 1 N–H and O–H groups in total. The van der Waals surface area contributed by atoms with Gasteiger partial charge in [-0.1, -0.05) is 30.3 Å². The molecule has 4 nitrogen and oxygen atoms in total. The molecule has 0 bridgehead atoms. The molecular formula is C11H11F3N2O2. The van der Waals surface area contributed by atoms with Gasteiger partial charge in [-0.2, -0.15) is 0 Å². The average Bonchev–Trinajstić information content (AvgIpc) is 2.72. The minimum atomic E-state index is -4.80. The maximum absolute atomic E-state index is 12.4. The molecule has 1 atom stereocenters. The summed E-state index contributed by atoms with van der Waals surface area (Å²) in [6.07, 6.45) is -6.25. The molecule has 1 aliphatic rings. The predicted molar refractivity (Wildman–Crippen MR) is 56.4 cm³/mol. The van der Waals surface area contributed by atoms with Gasteiger partial charge in [0.25, 0.3) is 0 Å². The van der Waals surface area contributed by atoms with Crippen LogP contribution in [-0.2, 0) is 4.74 Å². The summed E-state index contributed by atoms with van der Waals surface area (Å²) in [5, 5.41) is 2.45. The zero-order chi connectivity index (χ0) is 13.2. The quantitative estimate of drug-likeness (QED) is 0.905. The van der Waals surface area contributed by atoms with Crippen LogP contribution in [0.15, 0.2) is 30.3 Å². The maximum Gasteiger partial charge on any atom is 0.524 e. The van der Waals surface area contributed by atoms with E-state index in [4.69, 9.17) is 0 Å². The molecule has 0 aromatic heterocycles. The van der Waals surface area contributed by atoms with E-state index >= 15 is 0 Å².